The fourth-order valence-electron chi connectivity index (χ4n) is 2.30. The highest BCUT2D eigenvalue weighted by atomic mass is 32.1. The normalized spacial score (nSPS) is 17.1. The smallest absolute Gasteiger partial charge is 0.368 e. The highest BCUT2D eigenvalue weighted by molar-refractivity contribution is 7.15. The summed E-state index contributed by atoms with van der Waals surface area (Å²) in [6.45, 7) is 0.530. The van der Waals surface area contributed by atoms with Gasteiger partial charge in [-0.1, -0.05) is 17.4 Å². The quantitative estimate of drug-likeness (QED) is 0.843. The van der Waals surface area contributed by atoms with Crippen molar-refractivity contribution in [3.63, 3.8) is 0 Å². The van der Waals surface area contributed by atoms with Gasteiger partial charge >= 0.3 is 6.18 Å². The van der Waals surface area contributed by atoms with Crippen LogP contribution >= 0.6 is 11.3 Å². The molecule has 1 fully saturated rings. The number of nitrogens with one attached hydrogen (secondary N) is 2. The number of carbonyl (C=O) groups is 2. The summed E-state index contributed by atoms with van der Waals surface area (Å²) in [7, 11) is 0. The van der Waals surface area contributed by atoms with Crippen molar-refractivity contribution in [3.8, 4) is 0 Å². The van der Waals surface area contributed by atoms with E-state index in [9.17, 15) is 22.8 Å². The molecule has 26 heavy (non-hydrogen) atoms. The molecular weight excluding hydrogens is 373 g/mol. The number of carbonyl (C=O) groups excluding carboxylic acids is 2. The van der Waals surface area contributed by atoms with E-state index in [1.165, 1.54) is 12.1 Å². The maximum atomic E-state index is 12.5. The number of nitrogens with zero attached hydrogens (tertiary/aromatic N) is 2. The molecule has 1 aliphatic rings. The van der Waals surface area contributed by atoms with E-state index in [1.807, 2.05) is 0 Å². The number of ether oxygens (including phenoxy) is 1. The Bertz CT molecular complexity index is 818. The predicted molar refractivity (Wildman–Crippen MR) is 86.9 cm³/mol. The third-order valence-corrected chi connectivity index (χ3v) is 4.39. The summed E-state index contributed by atoms with van der Waals surface area (Å²) in [5.74, 6) is -0.970. The lowest BCUT2D eigenvalue weighted by atomic mass is 10.1. The van der Waals surface area contributed by atoms with E-state index < -0.39 is 23.2 Å². The molecule has 1 atom stereocenters. The molecule has 2 heterocycles. The molecule has 11 heteroatoms. The van der Waals surface area contributed by atoms with E-state index in [1.54, 1.807) is 12.1 Å². The Labute approximate surface area is 149 Å². The second-order valence-electron chi connectivity index (χ2n) is 5.44. The zero-order valence-corrected chi connectivity index (χ0v) is 14.0. The van der Waals surface area contributed by atoms with Crippen LogP contribution in [0.25, 0.3) is 0 Å². The minimum Gasteiger partial charge on any atom is -0.368 e. The molecule has 1 aliphatic heterocycles. The van der Waals surface area contributed by atoms with E-state index >= 15 is 0 Å². The van der Waals surface area contributed by atoms with Gasteiger partial charge in [-0.3, -0.25) is 14.9 Å². The first-order valence-electron chi connectivity index (χ1n) is 7.57. The van der Waals surface area contributed by atoms with Crippen molar-refractivity contribution in [1.29, 1.82) is 0 Å². The molecule has 7 nitrogen and oxygen atoms in total. The van der Waals surface area contributed by atoms with Crippen LogP contribution in [0.4, 0.5) is 24.0 Å². The van der Waals surface area contributed by atoms with Crippen molar-refractivity contribution < 1.29 is 27.5 Å². The number of hydrogen-bond acceptors (Lipinski definition) is 6. The molecular formula is C15H13F3N4O3S. The number of rotatable bonds is 4. The van der Waals surface area contributed by atoms with E-state index in [0.717, 1.165) is 6.42 Å². The molecule has 0 aliphatic carbocycles. The van der Waals surface area contributed by atoms with Crippen LogP contribution in [-0.4, -0.2) is 34.7 Å². The minimum absolute atomic E-state index is 0.152. The van der Waals surface area contributed by atoms with Crippen molar-refractivity contribution in [2.75, 3.05) is 17.2 Å². The lowest BCUT2D eigenvalue weighted by Crippen LogP contribution is -2.27. The van der Waals surface area contributed by atoms with Gasteiger partial charge in [0.05, 0.1) is 0 Å². The van der Waals surface area contributed by atoms with Crippen molar-refractivity contribution in [1.82, 2.24) is 10.2 Å². The van der Waals surface area contributed by atoms with Crippen LogP contribution in [0.2, 0.25) is 0 Å². The van der Waals surface area contributed by atoms with E-state index in [-0.39, 0.29) is 27.9 Å². The predicted octanol–water partition coefficient (Wildman–Crippen LogP) is 2.93. The molecule has 2 amide bonds. The number of alkyl halides is 3. The van der Waals surface area contributed by atoms with Gasteiger partial charge in [-0.2, -0.15) is 13.2 Å². The Morgan fingerprint density at radius 2 is 2.04 bits per heavy atom. The fraction of sp³-hybridized carbons (Fsp3) is 0.333. The third kappa shape index (κ3) is 4.35. The molecule has 0 spiro atoms. The molecule has 0 radical (unpaired) electrons. The number of halogens is 3. The fourth-order valence-corrected chi connectivity index (χ4v) is 2.91. The molecule has 3 rings (SSSR count). The molecule has 2 aromatic rings. The van der Waals surface area contributed by atoms with Crippen LogP contribution in [0.5, 0.6) is 0 Å². The maximum absolute atomic E-state index is 12.5. The molecule has 1 saturated heterocycles. The van der Waals surface area contributed by atoms with Gasteiger partial charge in [0.15, 0.2) is 0 Å². The van der Waals surface area contributed by atoms with E-state index in [2.05, 4.69) is 20.8 Å². The molecule has 1 unspecified atom stereocenters. The number of anilines is 2. The zero-order chi connectivity index (χ0) is 18.7. The molecule has 0 saturated carbocycles. The largest absolute Gasteiger partial charge is 0.445 e. The summed E-state index contributed by atoms with van der Waals surface area (Å²) in [5, 5.41) is 9.78. The summed E-state index contributed by atoms with van der Waals surface area (Å²) in [5.41, 5.74) is 0.533. The van der Waals surface area contributed by atoms with Crippen molar-refractivity contribution >= 4 is 34.0 Å². The van der Waals surface area contributed by atoms with Gasteiger partial charge in [0.1, 0.15) is 6.10 Å². The second kappa shape index (κ2) is 7.38. The summed E-state index contributed by atoms with van der Waals surface area (Å²) >= 11 is 0.229. The number of amides is 2. The van der Waals surface area contributed by atoms with Gasteiger partial charge in [0.25, 0.3) is 11.8 Å². The van der Waals surface area contributed by atoms with E-state index in [4.69, 9.17) is 4.74 Å². The second-order valence-corrected chi connectivity index (χ2v) is 6.41. The highest BCUT2D eigenvalue weighted by Crippen LogP contribution is 2.33. The van der Waals surface area contributed by atoms with Crippen LogP contribution in [0, 0.1) is 0 Å². The van der Waals surface area contributed by atoms with Gasteiger partial charge in [-0.05, 0) is 31.0 Å². The summed E-state index contributed by atoms with van der Waals surface area (Å²) in [6.07, 6.45) is -3.70. The van der Waals surface area contributed by atoms with E-state index in [0.29, 0.717) is 18.7 Å². The van der Waals surface area contributed by atoms with Crippen molar-refractivity contribution in [2.45, 2.75) is 25.1 Å². The molecule has 0 bridgehead atoms. The van der Waals surface area contributed by atoms with Crippen LogP contribution in [0.15, 0.2) is 24.3 Å². The Morgan fingerprint density at radius 3 is 2.69 bits per heavy atom. The number of benzene rings is 1. The highest BCUT2D eigenvalue weighted by Gasteiger charge is 2.35. The van der Waals surface area contributed by atoms with Crippen molar-refractivity contribution in [3.05, 3.63) is 34.8 Å². The molecule has 1 aromatic heterocycles. The van der Waals surface area contributed by atoms with Gasteiger partial charge in [-0.25, -0.2) is 0 Å². The lowest BCUT2D eigenvalue weighted by Gasteiger charge is -2.11. The average molecular weight is 386 g/mol. The summed E-state index contributed by atoms with van der Waals surface area (Å²) in [4.78, 5) is 24.2. The molecule has 138 valence electrons. The third-order valence-electron chi connectivity index (χ3n) is 3.50. The first kappa shape index (κ1) is 18.3. The van der Waals surface area contributed by atoms with Gasteiger partial charge in [0.2, 0.25) is 10.1 Å². The van der Waals surface area contributed by atoms with Crippen LogP contribution in [0.1, 0.15) is 28.2 Å². The lowest BCUT2D eigenvalue weighted by molar-refractivity contribution is -0.138. The monoisotopic (exact) mass is 386 g/mol. The van der Waals surface area contributed by atoms with Crippen LogP contribution in [0.3, 0.4) is 0 Å². The van der Waals surface area contributed by atoms with Gasteiger partial charge in [-0.15, -0.1) is 10.2 Å². The van der Waals surface area contributed by atoms with Gasteiger partial charge in [0, 0.05) is 17.9 Å². The Morgan fingerprint density at radius 1 is 1.23 bits per heavy atom. The zero-order valence-electron chi connectivity index (χ0n) is 13.2. The standard InChI is InChI=1S/C15H13F3N4O3S/c16-15(17,18)13-21-22-14(26-13)20-11(23)8-3-1-4-9(7-8)19-12(24)10-5-2-6-25-10/h1,3-4,7,10H,2,5-6H2,(H,19,24)(H,20,22,23). The number of aromatic nitrogens is 2. The minimum atomic E-state index is -4.62. The Hall–Kier alpha value is -2.53. The molecule has 2 N–H and O–H groups in total. The topological polar surface area (TPSA) is 93.2 Å². The summed E-state index contributed by atoms with van der Waals surface area (Å²) < 4.78 is 42.8. The average Bonchev–Trinajstić information content (AvgIpc) is 3.26. The maximum Gasteiger partial charge on any atom is 0.445 e. The number of hydrogen-bond donors (Lipinski definition) is 2. The molecule has 1 aromatic carbocycles. The van der Waals surface area contributed by atoms with Crippen LogP contribution < -0.4 is 10.6 Å². The SMILES string of the molecule is O=C(Nc1nnc(C(F)(F)F)s1)c1cccc(NC(=O)C2CCCO2)c1. The van der Waals surface area contributed by atoms with Crippen LogP contribution in [-0.2, 0) is 15.7 Å². The Balaban J connectivity index is 1.66. The first-order valence-corrected chi connectivity index (χ1v) is 8.39. The first-order chi connectivity index (χ1) is 12.3. The summed E-state index contributed by atoms with van der Waals surface area (Å²) in [6, 6.07) is 6.01. The van der Waals surface area contributed by atoms with Gasteiger partial charge < -0.3 is 10.1 Å². The van der Waals surface area contributed by atoms with Crippen molar-refractivity contribution in [2.24, 2.45) is 0 Å². The Kier molecular flexibility index (Phi) is 5.18.